The molecular formula is C22H23NO4. The molecule has 1 heterocycles. The maximum Gasteiger partial charge on any atom is 0.308 e. The molecule has 0 amide bonds. The lowest BCUT2D eigenvalue weighted by Gasteiger charge is -2.06. The monoisotopic (exact) mass is 365 g/mol. The van der Waals surface area contributed by atoms with E-state index in [1.807, 2.05) is 48.5 Å². The van der Waals surface area contributed by atoms with Gasteiger partial charge in [0.05, 0.1) is 13.0 Å². The Labute approximate surface area is 158 Å². The smallest absolute Gasteiger partial charge is 0.308 e. The van der Waals surface area contributed by atoms with E-state index in [1.165, 1.54) is 0 Å². The number of oxazole rings is 1. The Kier molecular flexibility index (Phi) is 6.26. The first-order valence-electron chi connectivity index (χ1n) is 9.17. The maximum atomic E-state index is 11.3. The van der Waals surface area contributed by atoms with Crippen LogP contribution in [0.15, 0.2) is 52.9 Å². The third-order valence-electron chi connectivity index (χ3n) is 4.15. The fourth-order valence-corrected chi connectivity index (χ4v) is 2.76. The lowest BCUT2D eigenvalue weighted by Crippen LogP contribution is -1.98. The molecule has 0 fully saturated rings. The van der Waals surface area contributed by atoms with E-state index in [0.717, 1.165) is 30.6 Å². The van der Waals surface area contributed by atoms with Crippen molar-refractivity contribution in [3.63, 3.8) is 0 Å². The first-order valence-corrected chi connectivity index (χ1v) is 9.17. The SMILES string of the molecule is CCCCCOc1ccc(/C=C(\CC(=O)O)c2nc3ccccc3o2)cc1. The predicted octanol–water partition coefficient (Wildman–Crippen LogP) is 5.41. The summed E-state index contributed by atoms with van der Waals surface area (Å²) in [6.45, 7) is 2.86. The van der Waals surface area contributed by atoms with Gasteiger partial charge in [0.15, 0.2) is 5.58 Å². The lowest BCUT2D eigenvalue weighted by molar-refractivity contribution is -0.135. The van der Waals surface area contributed by atoms with Crippen molar-refractivity contribution in [1.29, 1.82) is 0 Å². The molecule has 1 aromatic heterocycles. The summed E-state index contributed by atoms with van der Waals surface area (Å²) in [6, 6.07) is 15.0. The number of hydrogen-bond donors (Lipinski definition) is 1. The number of para-hydroxylation sites is 2. The van der Waals surface area contributed by atoms with Gasteiger partial charge >= 0.3 is 5.97 Å². The second kappa shape index (κ2) is 9.03. The topological polar surface area (TPSA) is 72.6 Å². The van der Waals surface area contributed by atoms with E-state index in [0.29, 0.717) is 29.2 Å². The Morgan fingerprint density at radius 2 is 1.93 bits per heavy atom. The molecule has 0 saturated carbocycles. The van der Waals surface area contributed by atoms with Gasteiger partial charge in [-0.1, -0.05) is 44.0 Å². The van der Waals surface area contributed by atoms with Crippen molar-refractivity contribution in [2.24, 2.45) is 0 Å². The van der Waals surface area contributed by atoms with E-state index >= 15 is 0 Å². The van der Waals surface area contributed by atoms with Gasteiger partial charge < -0.3 is 14.3 Å². The third-order valence-corrected chi connectivity index (χ3v) is 4.15. The molecule has 0 aliphatic carbocycles. The van der Waals surface area contributed by atoms with E-state index in [4.69, 9.17) is 9.15 Å². The number of rotatable bonds is 9. The molecule has 5 heteroatoms. The summed E-state index contributed by atoms with van der Waals surface area (Å²) >= 11 is 0. The van der Waals surface area contributed by atoms with Crippen LogP contribution in [0, 0.1) is 0 Å². The number of ether oxygens (including phenoxy) is 1. The highest BCUT2D eigenvalue weighted by molar-refractivity contribution is 5.90. The summed E-state index contributed by atoms with van der Waals surface area (Å²) in [5, 5.41) is 9.25. The van der Waals surface area contributed by atoms with Crippen LogP contribution in [0.1, 0.15) is 44.1 Å². The summed E-state index contributed by atoms with van der Waals surface area (Å²) in [5.41, 5.74) is 2.74. The number of nitrogens with zero attached hydrogens (tertiary/aromatic N) is 1. The first-order chi connectivity index (χ1) is 13.2. The highest BCUT2D eigenvalue weighted by Crippen LogP contribution is 2.26. The van der Waals surface area contributed by atoms with Gasteiger partial charge in [-0.15, -0.1) is 0 Å². The van der Waals surface area contributed by atoms with Crippen LogP contribution in [-0.2, 0) is 4.79 Å². The van der Waals surface area contributed by atoms with E-state index < -0.39 is 5.97 Å². The minimum Gasteiger partial charge on any atom is -0.494 e. The van der Waals surface area contributed by atoms with Crippen LogP contribution in [0.4, 0.5) is 0 Å². The minimum absolute atomic E-state index is 0.165. The first kappa shape index (κ1) is 18.7. The number of hydrogen-bond acceptors (Lipinski definition) is 4. The zero-order valence-corrected chi connectivity index (χ0v) is 15.4. The number of benzene rings is 2. The van der Waals surface area contributed by atoms with Crippen molar-refractivity contribution in [3.8, 4) is 5.75 Å². The highest BCUT2D eigenvalue weighted by atomic mass is 16.5. The standard InChI is InChI=1S/C22H23NO4/c1-2-3-6-13-26-18-11-9-16(10-12-18)14-17(15-21(24)25)22-23-19-7-4-5-8-20(19)27-22/h4-5,7-12,14H,2-3,6,13,15H2,1H3,(H,24,25)/b17-14+. The zero-order chi connectivity index (χ0) is 19.1. The van der Waals surface area contributed by atoms with E-state index in [2.05, 4.69) is 11.9 Å². The predicted molar refractivity (Wildman–Crippen MR) is 106 cm³/mol. The van der Waals surface area contributed by atoms with Crippen molar-refractivity contribution in [2.75, 3.05) is 6.61 Å². The van der Waals surface area contributed by atoms with E-state index in [-0.39, 0.29) is 6.42 Å². The molecule has 0 atom stereocenters. The Morgan fingerprint density at radius 3 is 2.63 bits per heavy atom. The fraction of sp³-hybridized carbons (Fsp3) is 0.273. The van der Waals surface area contributed by atoms with E-state index in [9.17, 15) is 9.90 Å². The van der Waals surface area contributed by atoms with Gasteiger partial charge in [-0.2, -0.15) is 0 Å². The molecule has 3 rings (SSSR count). The number of unbranched alkanes of at least 4 members (excludes halogenated alkanes) is 2. The number of carboxylic acid groups (broad SMARTS) is 1. The molecule has 0 radical (unpaired) electrons. The van der Waals surface area contributed by atoms with Crippen LogP contribution < -0.4 is 4.74 Å². The van der Waals surface area contributed by atoms with Gasteiger partial charge in [0.25, 0.3) is 0 Å². The molecule has 0 aliphatic heterocycles. The summed E-state index contributed by atoms with van der Waals surface area (Å²) in [5.74, 6) is 0.211. The molecular weight excluding hydrogens is 342 g/mol. The minimum atomic E-state index is -0.931. The molecule has 0 unspecified atom stereocenters. The van der Waals surface area contributed by atoms with Crippen LogP contribution in [0.5, 0.6) is 5.75 Å². The van der Waals surface area contributed by atoms with Crippen molar-refractivity contribution < 1.29 is 19.1 Å². The molecule has 2 aromatic carbocycles. The van der Waals surface area contributed by atoms with Crippen LogP contribution in [0.2, 0.25) is 0 Å². The number of fused-ring (bicyclic) bond motifs is 1. The van der Waals surface area contributed by atoms with Crippen LogP contribution in [-0.4, -0.2) is 22.7 Å². The summed E-state index contributed by atoms with van der Waals surface area (Å²) < 4.78 is 11.4. The molecule has 0 saturated heterocycles. The lowest BCUT2D eigenvalue weighted by atomic mass is 10.1. The van der Waals surface area contributed by atoms with Crippen LogP contribution in [0.25, 0.3) is 22.7 Å². The molecule has 0 aliphatic rings. The summed E-state index contributed by atoms with van der Waals surface area (Å²) in [4.78, 5) is 15.7. The Bertz CT molecular complexity index is 892. The van der Waals surface area contributed by atoms with Crippen molar-refractivity contribution >= 4 is 28.7 Å². The van der Waals surface area contributed by atoms with Gasteiger partial charge in [0.2, 0.25) is 5.89 Å². The highest BCUT2D eigenvalue weighted by Gasteiger charge is 2.14. The van der Waals surface area contributed by atoms with Crippen LogP contribution in [0.3, 0.4) is 0 Å². The van der Waals surface area contributed by atoms with Crippen molar-refractivity contribution in [1.82, 2.24) is 4.98 Å². The summed E-state index contributed by atoms with van der Waals surface area (Å²) in [6.07, 6.45) is 4.99. The Morgan fingerprint density at radius 1 is 1.15 bits per heavy atom. The molecule has 0 bridgehead atoms. The molecule has 0 spiro atoms. The second-order valence-corrected chi connectivity index (χ2v) is 6.35. The molecule has 1 N–H and O–H groups in total. The quantitative estimate of drug-likeness (QED) is 0.513. The van der Waals surface area contributed by atoms with Gasteiger partial charge in [-0.25, -0.2) is 4.98 Å². The molecule has 3 aromatic rings. The Balaban J connectivity index is 1.80. The summed E-state index contributed by atoms with van der Waals surface area (Å²) in [7, 11) is 0. The fourth-order valence-electron chi connectivity index (χ4n) is 2.76. The number of carboxylic acids is 1. The zero-order valence-electron chi connectivity index (χ0n) is 15.4. The average molecular weight is 365 g/mol. The van der Waals surface area contributed by atoms with Gasteiger partial charge in [0.1, 0.15) is 11.3 Å². The van der Waals surface area contributed by atoms with Crippen LogP contribution >= 0.6 is 0 Å². The van der Waals surface area contributed by atoms with Crippen molar-refractivity contribution in [3.05, 3.63) is 60.0 Å². The molecule has 140 valence electrons. The molecule has 5 nitrogen and oxygen atoms in total. The largest absolute Gasteiger partial charge is 0.494 e. The normalized spacial score (nSPS) is 11.7. The average Bonchev–Trinajstić information content (AvgIpc) is 3.10. The maximum absolute atomic E-state index is 11.3. The molecule has 27 heavy (non-hydrogen) atoms. The van der Waals surface area contributed by atoms with Gasteiger partial charge in [-0.3, -0.25) is 4.79 Å². The second-order valence-electron chi connectivity index (χ2n) is 6.35. The number of carbonyl (C=O) groups is 1. The van der Waals surface area contributed by atoms with Crippen molar-refractivity contribution in [2.45, 2.75) is 32.6 Å². The third kappa shape index (κ3) is 5.20. The van der Waals surface area contributed by atoms with Gasteiger partial charge in [-0.05, 0) is 42.3 Å². The van der Waals surface area contributed by atoms with E-state index in [1.54, 1.807) is 6.08 Å². The number of aliphatic carboxylic acids is 1. The number of aromatic nitrogens is 1. The Hall–Kier alpha value is -3.08. The van der Waals surface area contributed by atoms with Gasteiger partial charge in [0, 0.05) is 5.57 Å².